The smallest absolute Gasteiger partial charge is 0.155 e. The highest BCUT2D eigenvalue weighted by Gasteiger charge is 2.45. The monoisotopic (exact) mass is 456 g/mol. The van der Waals surface area contributed by atoms with Crippen LogP contribution in [0, 0.1) is 0 Å². The van der Waals surface area contributed by atoms with Crippen LogP contribution >= 0.6 is 11.6 Å². The van der Waals surface area contributed by atoms with Crippen LogP contribution in [0.4, 0.5) is 0 Å². The lowest BCUT2D eigenvalue weighted by Gasteiger charge is -2.41. The number of benzene rings is 2. The first kappa shape index (κ1) is 20.3. The van der Waals surface area contributed by atoms with Crippen molar-refractivity contribution in [2.75, 3.05) is 6.61 Å². The van der Waals surface area contributed by atoms with E-state index < -0.39 is 5.60 Å². The zero-order chi connectivity index (χ0) is 22.6. The van der Waals surface area contributed by atoms with E-state index in [-0.39, 0.29) is 12.5 Å². The molecule has 0 aliphatic heterocycles. The summed E-state index contributed by atoms with van der Waals surface area (Å²) in [6, 6.07) is 20.3. The number of fused-ring (bicyclic) bond motifs is 2. The summed E-state index contributed by atoms with van der Waals surface area (Å²) in [5, 5.41) is 21.2. The second-order valence-corrected chi connectivity index (χ2v) is 9.07. The van der Waals surface area contributed by atoms with E-state index in [1.807, 2.05) is 65.2 Å². The lowest BCUT2D eigenvalue weighted by molar-refractivity contribution is -0.0882. The Hall–Kier alpha value is -3.32. The Bertz CT molecular complexity index is 1490. The lowest BCUT2D eigenvalue weighted by atomic mass is 9.71. The highest BCUT2D eigenvalue weighted by Crippen LogP contribution is 2.45. The van der Waals surface area contributed by atoms with Crippen LogP contribution in [-0.4, -0.2) is 41.8 Å². The minimum atomic E-state index is -1.03. The molecule has 2 aromatic carbocycles. The molecule has 0 unspecified atom stereocenters. The molecular weight excluding hydrogens is 436 g/mol. The summed E-state index contributed by atoms with van der Waals surface area (Å²) >= 11 is 6.52. The molecule has 1 fully saturated rings. The average Bonchev–Trinajstić information content (AvgIpc) is 3.22. The Kier molecular flexibility index (Phi) is 4.69. The van der Waals surface area contributed by atoms with E-state index in [2.05, 4.69) is 11.1 Å². The lowest BCUT2D eigenvalue weighted by Crippen LogP contribution is -2.46. The van der Waals surface area contributed by atoms with Crippen molar-refractivity contribution in [1.82, 2.24) is 19.4 Å². The third-order valence-electron chi connectivity index (χ3n) is 6.48. The molecule has 0 radical (unpaired) electrons. The quantitative estimate of drug-likeness (QED) is 0.403. The van der Waals surface area contributed by atoms with Gasteiger partial charge in [0.05, 0.1) is 29.1 Å². The van der Waals surface area contributed by atoms with Gasteiger partial charge in [-0.15, -0.1) is 0 Å². The van der Waals surface area contributed by atoms with Crippen LogP contribution in [0.1, 0.15) is 24.6 Å². The number of aliphatic hydroxyl groups is 2. The van der Waals surface area contributed by atoms with Crippen LogP contribution in [0.3, 0.4) is 0 Å². The van der Waals surface area contributed by atoms with Gasteiger partial charge in [-0.05, 0) is 25.0 Å². The summed E-state index contributed by atoms with van der Waals surface area (Å²) in [5.74, 6) is 0.846. The SMILES string of the molecule is OCC1(O)CC(c2nc(-c3ccc4ccc(-c5ccccc5)nc4c3)c3c(Cl)nccn23)C1. The van der Waals surface area contributed by atoms with E-state index in [4.69, 9.17) is 21.6 Å². The van der Waals surface area contributed by atoms with Gasteiger partial charge in [0.1, 0.15) is 11.3 Å². The highest BCUT2D eigenvalue weighted by molar-refractivity contribution is 6.33. The highest BCUT2D eigenvalue weighted by atomic mass is 35.5. The second kappa shape index (κ2) is 7.63. The molecule has 1 saturated carbocycles. The second-order valence-electron chi connectivity index (χ2n) is 8.71. The maximum Gasteiger partial charge on any atom is 0.155 e. The largest absolute Gasteiger partial charge is 0.393 e. The molecule has 1 aliphatic rings. The van der Waals surface area contributed by atoms with Gasteiger partial charge in [-0.2, -0.15) is 0 Å². The predicted molar refractivity (Wildman–Crippen MR) is 128 cm³/mol. The summed E-state index contributed by atoms with van der Waals surface area (Å²) in [6.45, 7) is -0.248. The Morgan fingerprint density at radius 1 is 1.00 bits per heavy atom. The van der Waals surface area contributed by atoms with Crippen LogP contribution in [0.15, 0.2) is 73.1 Å². The minimum Gasteiger partial charge on any atom is -0.393 e. The molecule has 2 N–H and O–H groups in total. The van der Waals surface area contributed by atoms with E-state index in [0.29, 0.717) is 18.0 Å². The normalized spacial score (nSPS) is 20.3. The van der Waals surface area contributed by atoms with Gasteiger partial charge in [0.15, 0.2) is 5.15 Å². The third kappa shape index (κ3) is 3.38. The molecule has 7 heteroatoms. The molecule has 1 aliphatic carbocycles. The molecule has 0 spiro atoms. The van der Waals surface area contributed by atoms with Crippen LogP contribution in [0.2, 0.25) is 5.15 Å². The van der Waals surface area contributed by atoms with E-state index in [1.54, 1.807) is 6.20 Å². The maximum absolute atomic E-state index is 10.3. The van der Waals surface area contributed by atoms with Crippen LogP contribution in [-0.2, 0) is 0 Å². The summed E-state index contributed by atoms with van der Waals surface area (Å²) < 4.78 is 1.95. The van der Waals surface area contributed by atoms with Gasteiger partial charge in [-0.1, -0.05) is 60.1 Å². The first-order valence-electron chi connectivity index (χ1n) is 10.9. The zero-order valence-corrected chi connectivity index (χ0v) is 18.4. The van der Waals surface area contributed by atoms with Crippen LogP contribution < -0.4 is 0 Å². The Morgan fingerprint density at radius 2 is 1.79 bits per heavy atom. The number of aromatic nitrogens is 4. The molecule has 0 saturated heterocycles. The molecule has 3 heterocycles. The Balaban J connectivity index is 1.48. The number of hydrogen-bond donors (Lipinski definition) is 2. The topological polar surface area (TPSA) is 83.5 Å². The van der Waals surface area contributed by atoms with E-state index in [0.717, 1.165) is 44.8 Å². The zero-order valence-electron chi connectivity index (χ0n) is 17.7. The fourth-order valence-corrected chi connectivity index (χ4v) is 4.95. The summed E-state index contributed by atoms with van der Waals surface area (Å²) in [6.07, 6.45) is 4.41. The number of rotatable bonds is 4. The van der Waals surface area contributed by atoms with Gasteiger partial charge in [-0.25, -0.2) is 15.0 Å². The summed E-state index contributed by atoms with van der Waals surface area (Å²) in [4.78, 5) is 14.1. The molecule has 0 atom stereocenters. The van der Waals surface area contributed by atoms with E-state index in [1.165, 1.54) is 0 Å². The van der Waals surface area contributed by atoms with Gasteiger partial charge in [0, 0.05) is 34.8 Å². The fraction of sp³-hybridized carbons (Fsp3) is 0.192. The molecular formula is C26H21ClN4O2. The number of aliphatic hydroxyl groups excluding tert-OH is 1. The molecule has 0 bridgehead atoms. The first-order chi connectivity index (χ1) is 16.0. The van der Waals surface area contributed by atoms with Gasteiger partial charge in [0.25, 0.3) is 0 Å². The van der Waals surface area contributed by atoms with Crippen molar-refractivity contribution in [3.05, 3.63) is 84.0 Å². The van der Waals surface area contributed by atoms with Crippen molar-refractivity contribution in [2.24, 2.45) is 0 Å². The molecule has 3 aromatic heterocycles. The van der Waals surface area contributed by atoms with Crippen molar-refractivity contribution < 1.29 is 10.2 Å². The minimum absolute atomic E-state index is 0.0325. The number of nitrogens with zero attached hydrogens (tertiary/aromatic N) is 4. The number of halogens is 1. The standard InChI is InChI=1S/C26H21ClN4O2/c27-24-23-22(30-25(31(23)11-10-28-24)19-13-26(33,14-19)15-32)18-7-6-17-8-9-20(29-21(17)12-18)16-4-2-1-3-5-16/h1-12,19,32-33H,13-15H2. The molecule has 5 aromatic rings. The van der Waals surface area contributed by atoms with Gasteiger partial charge >= 0.3 is 0 Å². The molecule has 0 amide bonds. The molecule has 164 valence electrons. The molecule has 6 nitrogen and oxygen atoms in total. The van der Waals surface area contributed by atoms with Crippen molar-refractivity contribution in [2.45, 2.75) is 24.4 Å². The molecule has 6 rings (SSSR count). The predicted octanol–water partition coefficient (Wildman–Crippen LogP) is 4.87. The van der Waals surface area contributed by atoms with Gasteiger partial charge in [0.2, 0.25) is 0 Å². The number of hydrogen-bond acceptors (Lipinski definition) is 5. The van der Waals surface area contributed by atoms with E-state index >= 15 is 0 Å². The van der Waals surface area contributed by atoms with Gasteiger partial charge < -0.3 is 10.2 Å². The first-order valence-corrected chi connectivity index (χ1v) is 11.2. The summed E-state index contributed by atoms with van der Waals surface area (Å²) in [7, 11) is 0. The molecule has 33 heavy (non-hydrogen) atoms. The van der Waals surface area contributed by atoms with E-state index in [9.17, 15) is 10.2 Å². The van der Waals surface area contributed by atoms with Crippen molar-refractivity contribution in [1.29, 1.82) is 0 Å². The Labute approximate surface area is 195 Å². The van der Waals surface area contributed by atoms with Crippen LogP contribution in [0.25, 0.3) is 38.9 Å². The van der Waals surface area contributed by atoms with Crippen LogP contribution in [0.5, 0.6) is 0 Å². The fourth-order valence-electron chi connectivity index (χ4n) is 4.72. The maximum atomic E-state index is 10.3. The van der Waals surface area contributed by atoms with Crippen molar-refractivity contribution in [3.8, 4) is 22.5 Å². The van der Waals surface area contributed by atoms with Crippen molar-refractivity contribution in [3.63, 3.8) is 0 Å². The summed E-state index contributed by atoms with van der Waals surface area (Å²) in [5.41, 5.74) is 4.17. The number of pyridine rings is 1. The number of imidazole rings is 1. The Morgan fingerprint density at radius 3 is 2.58 bits per heavy atom. The third-order valence-corrected chi connectivity index (χ3v) is 6.76. The average molecular weight is 457 g/mol. The van der Waals surface area contributed by atoms with Gasteiger partial charge in [-0.3, -0.25) is 4.40 Å². The van der Waals surface area contributed by atoms with Crippen molar-refractivity contribution >= 4 is 28.0 Å².